The Morgan fingerprint density at radius 1 is 1.16 bits per heavy atom. The largest absolute Gasteiger partial charge is 0.507 e. The molecule has 4 nitrogen and oxygen atoms in total. The van der Waals surface area contributed by atoms with Gasteiger partial charge in [0.2, 0.25) is 0 Å². The Bertz CT molecular complexity index is 924. The zero-order valence-electron chi connectivity index (χ0n) is 17.7. The van der Waals surface area contributed by atoms with Crippen molar-refractivity contribution in [1.82, 2.24) is 4.90 Å². The van der Waals surface area contributed by atoms with Gasteiger partial charge < -0.3 is 15.6 Å². The lowest BCUT2D eigenvalue weighted by atomic mass is 9.83. The molecule has 0 saturated carbocycles. The lowest BCUT2D eigenvalue weighted by Gasteiger charge is -2.40. The van der Waals surface area contributed by atoms with E-state index in [0.717, 1.165) is 48.7 Å². The summed E-state index contributed by atoms with van der Waals surface area (Å²) >= 11 is 0. The van der Waals surface area contributed by atoms with Crippen molar-refractivity contribution in [2.75, 3.05) is 19.6 Å². The molecule has 0 spiro atoms. The minimum absolute atomic E-state index is 0.00976. The molecule has 0 amide bonds. The second-order valence-electron chi connectivity index (χ2n) is 8.71. The average molecular weight is 435 g/mol. The molecule has 1 fully saturated rings. The van der Waals surface area contributed by atoms with E-state index in [0.29, 0.717) is 36.7 Å². The van der Waals surface area contributed by atoms with Crippen LogP contribution in [-0.4, -0.2) is 35.7 Å². The predicted molar refractivity (Wildman–Crippen MR) is 113 cm³/mol. The fourth-order valence-electron chi connectivity index (χ4n) is 4.87. The number of nitrogens with two attached hydrogens (primary N) is 1. The van der Waals surface area contributed by atoms with E-state index in [1.807, 2.05) is 19.1 Å². The molecule has 2 heterocycles. The van der Waals surface area contributed by atoms with Gasteiger partial charge in [-0.05, 0) is 61.5 Å². The van der Waals surface area contributed by atoms with Crippen LogP contribution in [0.3, 0.4) is 0 Å². The highest BCUT2D eigenvalue weighted by Crippen LogP contribution is 2.40. The number of aryl methyl sites for hydroxylation is 1. The van der Waals surface area contributed by atoms with Crippen LogP contribution >= 0.6 is 0 Å². The first-order chi connectivity index (χ1) is 14.8. The molecule has 0 aromatic heterocycles. The van der Waals surface area contributed by atoms with Gasteiger partial charge in [-0.2, -0.15) is 13.2 Å². The Hall–Kier alpha value is -2.09. The van der Waals surface area contributed by atoms with Crippen LogP contribution in [0.1, 0.15) is 46.8 Å². The number of phenols is 1. The number of ether oxygens (including phenoxy) is 1. The molecule has 0 bridgehead atoms. The van der Waals surface area contributed by atoms with Gasteiger partial charge in [0, 0.05) is 25.1 Å². The minimum atomic E-state index is -4.32. The smallest absolute Gasteiger partial charge is 0.416 e. The number of nitrogens with zero attached hydrogens (tertiary/aromatic N) is 1. The van der Waals surface area contributed by atoms with E-state index in [2.05, 4.69) is 4.90 Å². The van der Waals surface area contributed by atoms with Crippen molar-refractivity contribution in [2.45, 2.75) is 51.1 Å². The third kappa shape index (κ3) is 4.73. The number of benzene rings is 2. The molecular formula is C24H29F3N2O2. The molecular weight excluding hydrogens is 405 g/mol. The van der Waals surface area contributed by atoms with E-state index in [1.54, 1.807) is 6.07 Å². The normalized spacial score (nSPS) is 23.0. The second-order valence-corrected chi connectivity index (χ2v) is 8.71. The highest BCUT2D eigenvalue weighted by Gasteiger charge is 2.35. The van der Waals surface area contributed by atoms with E-state index in [4.69, 9.17) is 10.5 Å². The molecule has 2 aromatic carbocycles. The first kappa shape index (κ1) is 22.1. The molecule has 2 atom stereocenters. The number of fused-ring (bicyclic) bond motifs is 1. The number of phenolic OH excluding ortho intramolecular Hbond substituents is 1. The van der Waals surface area contributed by atoms with Gasteiger partial charge in [-0.25, -0.2) is 0 Å². The molecule has 0 unspecified atom stereocenters. The summed E-state index contributed by atoms with van der Waals surface area (Å²) in [5, 5.41) is 10.6. The molecule has 2 aliphatic heterocycles. The monoisotopic (exact) mass is 434 g/mol. The molecule has 0 radical (unpaired) electrons. The minimum Gasteiger partial charge on any atom is -0.507 e. The molecule has 2 aromatic rings. The van der Waals surface area contributed by atoms with Gasteiger partial charge in [-0.15, -0.1) is 0 Å². The molecule has 3 N–H and O–H groups in total. The first-order valence-electron chi connectivity index (χ1n) is 10.8. The summed E-state index contributed by atoms with van der Waals surface area (Å²) in [6, 6.07) is 9.46. The SMILES string of the molecule is Cc1ccc2c(c1O)C[C@@H](C1CCN(Cc3cccc(C(F)(F)F)c3)CC1)O[C@H]2CN. The van der Waals surface area contributed by atoms with Gasteiger partial charge in [0.15, 0.2) is 0 Å². The third-order valence-corrected chi connectivity index (χ3v) is 6.64. The van der Waals surface area contributed by atoms with Gasteiger partial charge in [0.05, 0.1) is 17.8 Å². The van der Waals surface area contributed by atoms with Gasteiger partial charge in [-0.1, -0.05) is 30.3 Å². The first-order valence-corrected chi connectivity index (χ1v) is 10.8. The molecule has 168 valence electrons. The van der Waals surface area contributed by atoms with Crippen molar-refractivity contribution in [1.29, 1.82) is 0 Å². The maximum Gasteiger partial charge on any atom is 0.416 e. The van der Waals surface area contributed by atoms with Crippen LogP contribution in [0, 0.1) is 12.8 Å². The van der Waals surface area contributed by atoms with Crippen molar-refractivity contribution in [3.8, 4) is 5.75 Å². The lowest BCUT2D eigenvalue weighted by Crippen LogP contribution is -2.42. The number of likely N-dealkylation sites (tertiary alicyclic amines) is 1. The summed E-state index contributed by atoms with van der Waals surface area (Å²) in [4.78, 5) is 2.20. The summed E-state index contributed by atoms with van der Waals surface area (Å²) in [5.41, 5.74) is 8.81. The van der Waals surface area contributed by atoms with Gasteiger partial charge >= 0.3 is 6.18 Å². The fraction of sp³-hybridized carbons (Fsp3) is 0.500. The van der Waals surface area contributed by atoms with Gasteiger partial charge in [-0.3, -0.25) is 4.90 Å². The van der Waals surface area contributed by atoms with Crippen LogP contribution in [0.4, 0.5) is 13.2 Å². The average Bonchev–Trinajstić information content (AvgIpc) is 2.76. The highest BCUT2D eigenvalue weighted by molar-refractivity contribution is 5.47. The topological polar surface area (TPSA) is 58.7 Å². The van der Waals surface area contributed by atoms with Crippen LogP contribution in [0.15, 0.2) is 36.4 Å². The Balaban J connectivity index is 1.40. The standard InChI is InChI=1S/C24H29F3N2O2/c1-15-5-6-19-20(23(15)30)12-21(31-22(19)13-28)17-7-9-29(10-8-17)14-16-3-2-4-18(11-16)24(25,26)27/h2-6,11,17,21-22,30H,7-10,12-14,28H2,1H3/t21-,22-/m0/s1. The van der Waals surface area contributed by atoms with E-state index < -0.39 is 11.7 Å². The second kappa shape index (κ2) is 8.81. The van der Waals surface area contributed by atoms with Crippen molar-refractivity contribution in [3.63, 3.8) is 0 Å². The lowest BCUT2D eigenvalue weighted by molar-refractivity contribution is -0.137. The van der Waals surface area contributed by atoms with Crippen LogP contribution in [-0.2, 0) is 23.9 Å². The number of alkyl halides is 3. The van der Waals surface area contributed by atoms with E-state index in [1.165, 1.54) is 12.1 Å². The third-order valence-electron chi connectivity index (χ3n) is 6.64. The number of halogens is 3. The maximum absolute atomic E-state index is 13.0. The van der Waals surface area contributed by atoms with Crippen LogP contribution in [0.5, 0.6) is 5.75 Å². The van der Waals surface area contributed by atoms with Gasteiger partial charge in [0.25, 0.3) is 0 Å². The quantitative estimate of drug-likeness (QED) is 0.740. The van der Waals surface area contributed by atoms with Crippen LogP contribution in [0.2, 0.25) is 0 Å². The number of hydrogen-bond donors (Lipinski definition) is 2. The number of piperidine rings is 1. The van der Waals surface area contributed by atoms with Crippen molar-refractivity contribution in [2.24, 2.45) is 11.7 Å². The molecule has 31 heavy (non-hydrogen) atoms. The Kier molecular flexibility index (Phi) is 6.28. The predicted octanol–water partition coefficient (Wildman–Crippen LogP) is 4.57. The summed E-state index contributed by atoms with van der Waals surface area (Å²) in [5.74, 6) is 0.672. The van der Waals surface area contributed by atoms with E-state index in [-0.39, 0.29) is 12.2 Å². The molecule has 0 aliphatic carbocycles. The van der Waals surface area contributed by atoms with E-state index in [9.17, 15) is 18.3 Å². The van der Waals surface area contributed by atoms with E-state index >= 15 is 0 Å². The Labute approximate surface area is 180 Å². The number of aromatic hydroxyl groups is 1. The van der Waals surface area contributed by atoms with Crippen molar-refractivity contribution < 1.29 is 23.0 Å². The van der Waals surface area contributed by atoms with Crippen LogP contribution < -0.4 is 5.73 Å². The summed E-state index contributed by atoms with van der Waals surface area (Å²) in [7, 11) is 0. The number of rotatable bonds is 4. The number of hydrogen-bond acceptors (Lipinski definition) is 4. The zero-order valence-corrected chi connectivity index (χ0v) is 17.7. The molecule has 7 heteroatoms. The highest BCUT2D eigenvalue weighted by atomic mass is 19.4. The summed E-state index contributed by atoms with van der Waals surface area (Å²) in [6.07, 6.45) is -2.07. The Morgan fingerprint density at radius 2 is 1.90 bits per heavy atom. The maximum atomic E-state index is 13.0. The molecule has 1 saturated heterocycles. The molecule has 4 rings (SSSR count). The van der Waals surface area contributed by atoms with Crippen molar-refractivity contribution >= 4 is 0 Å². The Morgan fingerprint density at radius 3 is 2.58 bits per heavy atom. The van der Waals surface area contributed by atoms with Gasteiger partial charge in [0.1, 0.15) is 5.75 Å². The summed E-state index contributed by atoms with van der Waals surface area (Å²) in [6.45, 7) is 4.38. The zero-order chi connectivity index (χ0) is 22.2. The summed E-state index contributed by atoms with van der Waals surface area (Å²) < 4.78 is 45.2. The fourth-order valence-corrected chi connectivity index (χ4v) is 4.87. The van der Waals surface area contributed by atoms with Crippen LogP contribution in [0.25, 0.3) is 0 Å². The molecule has 2 aliphatic rings. The van der Waals surface area contributed by atoms with Crippen molar-refractivity contribution in [3.05, 3.63) is 64.2 Å².